The maximum Gasteiger partial charge on any atom is 0.255 e. The van der Waals surface area contributed by atoms with E-state index in [1.165, 1.54) is 16.7 Å². The summed E-state index contributed by atoms with van der Waals surface area (Å²) in [6.45, 7) is 4.13. The molecule has 2 aromatic rings. The van der Waals surface area contributed by atoms with Crippen LogP contribution in [0.25, 0.3) is 0 Å². The van der Waals surface area contributed by atoms with Gasteiger partial charge in [-0.3, -0.25) is 14.4 Å². The second kappa shape index (κ2) is 8.39. The molecule has 2 fully saturated rings. The van der Waals surface area contributed by atoms with Gasteiger partial charge in [0.1, 0.15) is 0 Å². The van der Waals surface area contributed by atoms with Gasteiger partial charge < -0.3 is 9.64 Å². The van der Waals surface area contributed by atoms with Crippen LogP contribution in [-0.4, -0.2) is 54.2 Å². The number of thioether (sulfide) groups is 1. The highest BCUT2D eigenvalue weighted by Gasteiger charge is 2.40. The van der Waals surface area contributed by atoms with E-state index in [1.807, 2.05) is 37.3 Å². The van der Waals surface area contributed by atoms with Crippen molar-refractivity contribution in [2.45, 2.75) is 23.5 Å². The molecule has 0 spiro atoms. The van der Waals surface area contributed by atoms with Crippen molar-refractivity contribution in [3.63, 3.8) is 0 Å². The molecule has 0 bridgehead atoms. The van der Waals surface area contributed by atoms with E-state index in [4.69, 9.17) is 4.74 Å². The standard InChI is InChI=1S/C22H22N2O4S/c1-15-6-8-16(9-7-15)24-20(25)14-19(22(24)27)29-18-5-3-2-4-17(18)21(26)23-10-12-28-13-11-23/h2-9,19H,10-14H2,1H3. The molecule has 0 aromatic heterocycles. The summed E-state index contributed by atoms with van der Waals surface area (Å²) in [6, 6.07) is 14.6. The molecule has 150 valence electrons. The van der Waals surface area contributed by atoms with Crippen LogP contribution in [0, 0.1) is 6.92 Å². The number of amides is 3. The van der Waals surface area contributed by atoms with E-state index in [-0.39, 0.29) is 24.1 Å². The zero-order chi connectivity index (χ0) is 20.4. The first-order valence-electron chi connectivity index (χ1n) is 9.61. The Labute approximate surface area is 173 Å². The number of nitrogens with zero attached hydrogens (tertiary/aromatic N) is 2. The maximum absolute atomic E-state index is 13.0. The molecule has 3 amide bonds. The molecule has 2 aliphatic rings. The minimum atomic E-state index is -0.539. The minimum absolute atomic E-state index is 0.0661. The summed E-state index contributed by atoms with van der Waals surface area (Å²) < 4.78 is 5.32. The van der Waals surface area contributed by atoms with Crippen LogP contribution < -0.4 is 4.90 Å². The summed E-state index contributed by atoms with van der Waals surface area (Å²) in [5.74, 6) is -0.519. The normalized spacial score (nSPS) is 19.7. The third kappa shape index (κ3) is 4.06. The fourth-order valence-corrected chi connectivity index (χ4v) is 4.68. The lowest BCUT2D eigenvalue weighted by Gasteiger charge is -2.27. The number of benzene rings is 2. The van der Waals surface area contributed by atoms with Crippen molar-refractivity contribution in [3.8, 4) is 0 Å². The molecule has 2 heterocycles. The Kier molecular flexibility index (Phi) is 5.69. The number of carbonyl (C=O) groups is 3. The summed E-state index contributed by atoms with van der Waals surface area (Å²) in [7, 11) is 0. The first kappa shape index (κ1) is 19.7. The second-order valence-electron chi connectivity index (χ2n) is 7.11. The zero-order valence-electron chi connectivity index (χ0n) is 16.2. The molecular formula is C22H22N2O4S. The monoisotopic (exact) mass is 410 g/mol. The molecule has 0 saturated carbocycles. The predicted molar refractivity (Wildman–Crippen MR) is 111 cm³/mol. The number of ether oxygens (including phenoxy) is 1. The molecule has 2 aliphatic heterocycles. The van der Waals surface area contributed by atoms with Crippen molar-refractivity contribution >= 4 is 35.2 Å². The van der Waals surface area contributed by atoms with Crippen LogP contribution in [-0.2, 0) is 14.3 Å². The Morgan fingerprint density at radius 1 is 1.03 bits per heavy atom. The number of hydrogen-bond acceptors (Lipinski definition) is 5. The lowest BCUT2D eigenvalue weighted by molar-refractivity contribution is -0.121. The largest absolute Gasteiger partial charge is 0.378 e. The van der Waals surface area contributed by atoms with E-state index in [0.717, 1.165) is 10.5 Å². The Bertz CT molecular complexity index is 938. The van der Waals surface area contributed by atoms with Gasteiger partial charge in [-0.25, -0.2) is 4.90 Å². The molecule has 4 rings (SSSR count). The summed E-state index contributed by atoms with van der Waals surface area (Å²) in [5, 5.41) is -0.539. The highest BCUT2D eigenvalue weighted by molar-refractivity contribution is 8.00. The van der Waals surface area contributed by atoms with Crippen molar-refractivity contribution in [3.05, 3.63) is 59.7 Å². The molecule has 2 aromatic carbocycles. The number of rotatable bonds is 4. The van der Waals surface area contributed by atoms with Gasteiger partial charge in [-0.1, -0.05) is 29.8 Å². The van der Waals surface area contributed by atoms with E-state index >= 15 is 0 Å². The third-order valence-corrected chi connectivity index (χ3v) is 6.35. The number of morpholine rings is 1. The predicted octanol–water partition coefficient (Wildman–Crippen LogP) is 2.89. The smallest absolute Gasteiger partial charge is 0.255 e. The molecule has 6 nitrogen and oxygen atoms in total. The average molecular weight is 410 g/mol. The lowest BCUT2D eigenvalue weighted by Crippen LogP contribution is -2.40. The van der Waals surface area contributed by atoms with Crippen molar-refractivity contribution in [2.24, 2.45) is 0 Å². The van der Waals surface area contributed by atoms with Crippen molar-refractivity contribution in [2.75, 3.05) is 31.2 Å². The molecule has 7 heteroatoms. The topological polar surface area (TPSA) is 66.9 Å². The molecule has 0 aliphatic carbocycles. The quantitative estimate of drug-likeness (QED) is 0.725. The van der Waals surface area contributed by atoms with Crippen LogP contribution in [0.3, 0.4) is 0 Å². The minimum Gasteiger partial charge on any atom is -0.378 e. The number of anilines is 1. The van der Waals surface area contributed by atoms with Gasteiger partial charge >= 0.3 is 0 Å². The Morgan fingerprint density at radius 2 is 1.72 bits per heavy atom. The molecule has 1 unspecified atom stereocenters. The molecule has 0 radical (unpaired) electrons. The Hall–Kier alpha value is -2.64. The second-order valence-corrected chi connectivity index (χ2v) is 8.36. The van der Waals surface area contributed by atoms with Crippen LogP contribution in [0.1, 0.15) is 22.3 Å². The first-order valence-corrected chi connectivity index (χ1v) is 10.5. The van der Waals surface area contributed by atoms with Gasteiger partial charge in [0.25, 0.3) is 5.91 Å². The van der Waals surface area contributed by atoms with E-state index < -0.39 is 5.25 Å². The van der Waals surface area contributed by atoms with Crippen molar-refractivity contribution in [1.29, 1.82) is 0 Å². The molecular weight excluding hydrogens is 388 g/mol. The Balaban J connectivity index is 1.54. The highest BCUT2D eigenvalue weighted by atomic mass is 32.2. The first-order chi connectivity index (χ1) is 14.0. The molecule has 2 saturated heterocycles. The molecule has 1 atom stereocenters. The van der Waals surface area contributed by atoms with E-state index in [2.05, 4.69) is 0 Å². The number of imide groups is 1. The highest BCUT2D eigenvalue weighted by Crippen LogP contribution is 2.36. The van der Waals surface area contributed by atoms with Gasteiger partial charge in [0.15, 0.2) is 0 Å². The van der Waals surface area contributed by atoms with Gasteiger partial charge in [0, 0.05) is 24.4 Å². The summed E-state index contributed by atoms with van der Waals surface area (Å²) in [4.78, 5) is 42.2. The summed E-state index contributed by atoms with van der Waals surface area (Å²) in [6.07, 6.45) is 0.122. The lowest BCUT2D eigenvalue weighted by atomic mass is 10.2. The van der Waals surface area contributed by atoms with E-state index in [9.17, 15) is 14.4 Å². The van der Waals surface area contributed by atoms with E-state index in [1.54, 1.807) is 23.1 Å². The van der Waals surface area contributed by atoms with Crippen LogP contribution >= 0.6 is 11.8 Å². The van der Waals surface area contributed by atoms with Crippen molar-refractivity contribution < 1.29 is 19.1 Å². The van der Waals surface area contributed by atoms with Gasteiger partial charge in [-0.05, 0) is 31.2 Å². The van der Waals surface area contributed by atoms with Gasteiger partial charge in [-0.2, -0.15) is 0 Å². The fraction of sp³-hybridized carbons (Fsp3) is 0.318. The van der Waals surface area contributed by atoms with Crippen LogP contribution in [0.4, 0.5) is 5.69 Å². The van der Waals surface area contributed by atoms with Gasteiger partial charge in [0.05, 0.1) is 29.7 Å². The number of aryl methyl sites for hydroxylation is 1. The van der Waals surface area contributed by atoms with Crippen LogP contribution in [0.15, 0.2) is 53.4 Å². The SMILES string of the molecule is Cc1ccc(N2C(=O)CC(Sc3ccccc3C(=O)N3CCOCC3)C2=O)cc1. The van der Waals surface area contributed by atoms with Gasteiger partial charge in [-0.15, -0.1) is 11.8 Å². The summed E-state index contributed by atoms with van der Waals surface area (Å²) in [5.41, 5.74) is 2.22. The number of hydrogen-bond donors (Lipinski definition) is 0. The van der Waals surface area contributed by atoms with E-state index in [0.29, 0.717) is 37.6 Å². The maximum atomic E-state index is 13.0. The number of carbonyl (C=O) groups excluding carboxylic acids is 3. The molecule has 29 heavy (non-hydrogen) atoms. The van der Waals surface area contributed by atoms with Gasteiger partial charge in [0.2, 0.25) is 11.8 Å². The Morgan fingerprint density at radius 3 is 2.45 bits per heavy atom. The zero-order valence-corrected chi connectivity index (χ0v) is 17.0. The summed E-state index contributed by atoms with van der Waals surface area (Å²) >= 11 is 1.29. The van der Waals surface area contributed by atoms with Crippen LogP contribution in [0.2, 0.25) is 0 Å². The molecule has 0 N–H and O–H groups in total. The fourth-order valence-electron chi connectivity index (χ4n) is 3.50. The van der Waals surface area contributed by atoms with Crippen LogP contribution in [0.5, 0.6) is 0 Å². The van der Waals surface area contributed by atoms with Crippen molar-refractivity contribution in [1.82, 2.24) is 4.90 Å². The third-order valence-electron chi connectivity index (χ3n) is 5.08. The average Bonchev–Trinajstić information content (AvgIpc) is 3.02.